The van der Waals surface area contributed by atoms with E-state index in [1.165, 1.54) is 6.20 Å². The molecule has 0 amide bonds. The highest BCUT2D eigenvalue weighted by Crippen LogP contribution is 2.41. The quantitative estimate of drug-likeness (QED) is 0.350. The van der Waals surface area contributed by atoms with Crippen LogP contribution in [0.5, 0.6) is 6.01 Å². The van der Waals surface area contributed by atoms with Gasteiger partial charge in [0, 0.05) is 38.3 Å². The van der Waals surface area contributed by atoms with Gasteiger partial charge in [0.2, 0.25) is 5.82 Å². The first kappa shape index (κ1) is 25.6. The molecule has 3 aliphatic heterocycles. The lowest BCUT2D eigenvalue weighted by Crippen LogP contribution is -2.46. The molecule has 0 spiro atoms. The summed E-state index contributed by atoms with van der Waals surface area (Å²) in [7, 11) is 0. The fourth-order valence-corrected chi connectivity index (χ4v) is 7.09. The number of hydrogen-bond donors (Lipinski definition) is 2. The highest BCUT2D eigenvalue weighted by atomic mass is 32.1. The molecule has 6 heterocycles. The van der Waals surface area contributed by atoms with Crippen molar-refractivity contribution in [1.29, 1.82) is 0 Å². The van der Waals surface area contributed by atoms with Crippen LogP contribution in [-0.4, -0.2) is 77.4 Å². The topological polar surface area (TPSA) is 107 Å². The summed E-state index contributed by atoms with van der Waals surface area (Å²) in [5, 5.41) is 3.70. The molecule has 7 rings (SSSR count). The lowest BCUT2D eigenvalue weighted by atomic mass is 9.95. The molecule has 3 fully saturated rings. The molecular weight excluding hydrogens is 548 g/mol. The molecular formula is C26H27F4N8OS+. The number of rotatable bonds is 5. The fourth-order valence-electron chi connectivity index (χ4n) is 6.35. The number of aromatic amines is 1. The molecule has 3 aromatic heterocycles. The molecule has 14 heteroatoms. The molecule has 4 aromatic rings. The van der Waals surface area contributed by atoms with Gasteiger partial charge in [-0.3, -0.25) is 14.8 Å². The molecule has 4 N–H and O–H groups in total. The van der Waals surface area contributed by atoms with Gasteiger partial charge in [-0.2, -0.15) is 0 Å². The molecule has 40 heavy (non-hydrogen) atoms. The van der Waals surface area contributed by atoms with Crippen molar-refractivity contribution < 1.29 is 27.3 Å². The van der Waals surface area contributed by atoms with E-state index in [1.54, 1.807) is 0 Å². The predicted octanol–water partition coefficient (Wildman–Crippen LogP) is 3.08. The number of aromatic nitrogens is 4. The number of alkyl halides is 1. The second-order valence-corrected chi connectivity index (χ2v) is 11.7. The number of anilines is 2. The Morgan fingerprint density at radius 2 is 1.98 bits per heavy atom. The van der Waals surface area contributed by atoms with Crippen molar-refractivity contribution in [3.05, 3.63) is 29.7 Å². The second-order valence-electron chi connectivity index (χ2n) is 10.6. The van der Waals surface area contributed by atoms with Crippen molar-refractivity contribution in [1.82, 2.24) is 25.2 Å². The number of piperazine rings is 1. The summed E-state index contributed by atoms with van der Waals surface area (Å²) >= 11 is 0.846. The number of fused-ring (bicyclic) bond motifs is 3. The average Bonchev–Trinajstić information content (AvgIpc) is 3.60. The number of benzene rings is 1. The minimum atomic E-state index is -1.01. The van der Waals surface area contributed by atoms with Crippen LogP contribution in [0, 0.1) is 17.5 Å². The minimum absolute atomic E-state index is 0.0122. The molecule has 3 saturated heterocycles. The summed E-state index contributed by atoms with van der Waals surface area (Å²) in [6.45, 7) is 4.13. The van der Waals surface area contributed by atoms with E-state index in [9.17, 15) is 8.78 Å². The number of hydrogen-bond acceptors (Lipinski definition) is 9. The van der Waals surface area contributed by atoms with E-state index < -0.39 is 29.2 Å². The van der Waals surface area contributed by atoms with E-state index in [1.807, 2.05) is 4.90 Å². The van der Waals surface area contributed by atoms with Gasteiger partial charge in [-0.05, 0) is 19.4 Å². The van der Waals surface area contributed by atoms with Gasteiger partial charge < -0.3 is 15.8 Å². The first-order chi connectivity index (χ1) is 19.3. The maximum absolute atomic E-state index is 16.3. The number of nitrogens with two attached hydrogens (primary N) is 1. The molecule has 0 saturated carbocycles. The number of H-pyrrole nitrogens is 1. The van der Waals surface area contributed by atoms with Crippen LogP contribution in [0.2, 0.25) is 0 Å². The zero-order chi connectivity index (χ0) is 27.6. The molecule has 0 radical (unpaired) electrons. The van der Waals surface area contributed by atoms with Crippen LogP contribution in [-0.2, 0) is 0 Å². The summed E-state index contributed by atoms with van der Waals surface area (Å²) < 4.78 is 66.3. The number of nitrogens with one attached hydrogen (secondary N) is 2. The predicted molar refractivity (Wildman–Crippen MR) is 143 cm³/mol. The smallest absolute Gasteiger partial charge is 0.432 e. The van der Waals surface area contributed by atoms with Crippen molar-refractivity contribution >= 4 is 43.4 Å². The Hall–Kier alpha value is -3.36. The highest BCUT2D eigenvalue weighted by molar-refractivity contribution is 7.22. The lowest BCUT2D eigenvalue weighted by Gasteiger charge is -2.30. The van der Waals surface area contributed by atoms with Gasteiger partial charge in [-0.25, -0.2) is 27.5 Å². The van der Waals surface area contributed by atoms with Crippen LogP contribution in [0.3, 0.4) is 0 Å². The first-order valence-corrected chi connectivity index (χ1v) is 14.1. The zero-order valence-electron chi connectivity index (χ0n) is 21.4. The van der Waals surface area contributed by atoms with Crippen LogP contribution >= 0.6 is 11.3 Å². The number of nitrogen functional groups attached to an aromatic ring is 1. The monoisotopic (exact) mass is 575 g/mol. The van der Waals surface area contributed by atoms with Crippen molar-refractivity contribution in [3.63, 3.8) is 0 Å². The van der Waals surface area contributed by atoms with E-state index in [-0.39, 0.29) is 44.7 Å². The summed E-state index contributed by atoms with van der Waals surface area (Å²) in [5.41, 5.74) is 4.52. The van der Waals surface area contributed by atoms with Crippen molar-refractivity contribution in [2.45, 2.75) is 31.0 Å². The van der Waals surface area contributed by atoms with Crippen LogP contribution in [0.1, 0.15) is 19.3 Å². The minimum Gasteiger partial charge on any atom is -0.439 e. The number of nitrogens with zero attached hydrogens (tertiary/aromatic N) is 5. The highest BCUT2D eigenvalue weighted by Gasteiger charge is 2.49. The standard InChI is InChI=1S/C26H26F4N8OS/c27-13-9-26(2-1-5-38(26)11-13)12-39-25-35-19-14(23(36-25)37-6-3-32-4-7-37)10-33-20(18(19)30)17-15(28)8-16(29)22-21(17)34-24(31)40-22/h8,10,13,32H,1-7,9,11-12H2,(H2,31,34)/p+1/t13?,26-/m0/s1. The van der Waals surface area contributed by atoms with Crippen LogP contribution < -0.4 is 25.7 Å². The third-order valence-corrected chi connectivity index (χ3v) is 9.08. The van der Waals surface area contributed by atoms with Crippen molar-refractivity contribution in [3.8, 4) is 17.3 Å². The Morgan fingerprint density at radius 1 is 1.15 bits per heavy atom. The van der Waals surface area contributed by atoms with Gasteiger partial charge in [-0.15, -0.1) is 0 Å². The number of ether oxygens (including phenoxy) is 1. The van der Waals surface area contributed by atoms with E-state index in [2.05, 4.69) is 30.2 Å². The average molecular weight is 576 g/mol. The van der Waals surface area contributed by atoms with Crippen LogP contribution in [0.15, 0.2) is 12.3 Å². The number of pyridine rings is 1. The van der Waals surface area contributed by atoms with Gasteiger partial charge in [0.25, 0.3) is 0 Å². The Morgan fingerprint density at radius 3 is 2.80 bits per heavy atom. The summed E-state index contributed by atoms with van der Waals surface area (Å²) in [6, 6.07) is 0.753. The SMILES string of the molecule is Nc1nc2c(-c3ncc4c(N5CCNCC5)[nH+]c(OC[C@@]56CCCN5CC(F)C6)nc4c3F)c(F)cc(F)c2s1. The Kier molecular flexibility index (Phi) is 6.16. The summed E-state index contributed by atoms with van der Waals surface area (Å²) in [5.74, 6) is -2.17. The third kappa shape index (κ3) is 4.11. The van der Waals surface area contributed by atoms with Crippen LogP contribution in [0.25, 0.3) is 32.4 Å². The molecule has 1 aromatic carbocycles. The normalized spacial score (nSPS) is 23.4. The van der Waals surface area contributed by atoms with E-state index in [4.69, 9.17) is 10.5 Å². The first-order valence-electron chi connectivity index (χ1n) is 13.3. The van der Waals surface area contributed by atoms with Gasteiger partial charge in [0.1, 0.15) is 35.5 Å². The molecule has 1 unspecified atom stereocenters. The fraction of sp³-hybridized carbons (Fsp3) is 0.462. The van der Waals surface area contributed by atoms with E-state index in [0.29, 0.717) is 43.3 Å². The molecule has 3 aliphatic rings. The van der Waals surface area contributed by atoms with Gasteiger partial charge >= 0.3 is 6.01 Å². The molecule has 0 bridgehead atoms. The Balaban J connectivity index is 1.35. The Labute approximate surface area is 230 Å². The molecule has 210 valence electrons. The Bertz CT molecular complexity index is 1630. The largest absolute Gasteiger partial charge is 0.439 e. The van der Waals surface area contributed by atoms with Crippen molar-refractivity contribution in [2.75, 3.05) is 56.5 Å². The van der Waals surface area contributed by atoms with Gasteiger partial charge in [0.15, 0.2) is 16.5 Å². The van der Waals surface area contributed by atoms with Crippen molar-refractivity contribution in [2.24, 2.45) is 0 Å². The van der Waals surface area contributed by atoms with E-state index >= 15 is 8.78 Å². The third-order valence-electron chi connectivity index (χ3n) is 8.19. The second kappa shape index (κ2) is 9.63. The maximum Gasteiger partial charge on any atom is 0.432 e. The summed E-state index contributed by atoms with van der Waals surface area (Å²) in [4.78, 5) is 20.1. The lowest BCUT2D eigenvalue weighted by molar-refractivity contribution is -0.385. The summed E-state index contributed by atoms with van der Waals surface area (Å²) in [6.07, 6.45) is 2.65. The maximum atomic E-state index is 16.3. The molecule has 2 atom stereocenters. The molecule has 0 aliphatic carbocycles. The van der Waals surface area contributed by atoms with E-state index in [0.717, 1.165) is 43.8 Å². The number of halogens is 4. The van der Waals surface area contributed by atoms with Gasteiger partial charge in [0.05, 0.1) is 34.4 Å². The van der Waals surface area contributed by atoms with Crippen LogP contribution in [0.4, 0.5) is 28.5 Å². The zero-order valence-corrected chi connectivity index (χ0v) is 22.3. The van der Waals surface area contributed by atoms with Gasteiger partial charge in [-0.1, -0.05) is 16.3 Å². The number of thiazole rings is 1. The molecule has 9 nitrogen and oxygen atoms in total.